The minimum absolute atomic E-state index is 0.0360. The molecule has 1 atom stereocenters. The maximum absolute atomic E-state index is 10.7. The van der Waals surface area contributed by atoms with E-state index < -0.39 is 5.97 Å². The number of aromatic nitrogens is 3. The third-order valence-corrected chi connectivity index (χ3v) is 6.35. The van der Waals surface area contributed by atoms with E-state index in [9.17, 15) is 9.90 Å². The van der Waals surface area contributed by atoms with Gasteiger partial charge in [-0.05, 0) is 49.6 Å². The molecule has 1 unspecified atom stereocenters. The number of rotatable bonds is 9. The Morgan fingerprint density at radius 2 is 1.97 bits per heavy atom. The van der Waals surface area contributed by atoms with E-state index in [2.05, 4.69) is 20.5 Å². The van der Waals surface area contributed by atoms with Crippen molar-refractivity contribution in [1.82, 2.24) is 15.0 Å². The fourth-order valence-electron chi connectivity index (χ4n) is 4.46. The topological polar surface area (TPSA) is 133 Å². The van der Waals surface area contributed by atoms with Crippen molar-refractivity contribution >= 4 is 29.1 Å². The van der Waals surface area contributed by atoms with Gasteiger partial charge in [0.1, 0.15) is 30.0 Å². The second-order valence-corrected chi connectivity index (χ2v) is 9.20. The molecule has 196 valence electrons. The molecule has 38 heavy (non-hydrogen) atoms. The SMILES string of the molecule is O=C(O)CNc1ccc(-c2cccc(Nc3cncc(N4CCCC(OC5=C(O)CCC=C5)C4)n3)n2)cc1. The third kappa shape index (κ3) is 6.39. The number of aliphatic hydroxyl groups is 1. The summed E-state index contributed by atoms with van der Waals surface area (Å²) in [4.78, 5) is 26.8. The van der Waals surface area contributed by atoms with Crippen LogP contribution in [0, 0.1) is 0 Å². The summed E-state index contributed by atoms with van der Waals surface area (Å²) in [6.07, 6.45) is 10.6. The van der Waals surface area contributed by atoms with Crippen LogP contribution in [0.15, 0.2) is 78.5 Å². The van der Waals surface area contributed by atoms with E-state index >= 15 is 0 Å². The molecule has 1 aromatic carbocycles. The molecule has 3 aromatic rings. The van der Waals surface area contributed by atoms with Crippen LogP contribution in [0.4, 0.5) is 23.1 Å². The maximum atomic E-state index is 10.7. The normalized spacial score (nSPS) is 17.3. The van der Waals surface area contributed by atoms with Crippen molar-refractivity contribution in [3.05, 3.63) is 78.5 Å². The molecular weight excluding hydrogens is 484 g/mol. The van der Waals surface area contributed by atoms with Crippen LogP contribution < -0.4 is 15.5 Å². The predicted octanol–water partition coefficient (Wildman–Crippen LogP) is 4.88. The second kappa shape index (κ2) is 11.6. The minimum atomic E-state index is -0.912. The van der Waals surface area contributed by atoms with E-state index in [1.54, 1.807) is 12.4 Å². The largest absolute Gasteiger partial charge is 0.508 e. The van der Waals surface area contributed by atoms with Crippen LogP contribution in [0.2, 0.25) is 0 Å². The lowest BCUT2D eigenvalue weighted by molar-refractivity contribution is -0.134. The lowest BCUT2D eigenvalue weighted by Gasteiger charge is -2.34. The fourth-order valence-corrected chi connectivity index (χ4v) is 4.46. The highest BCUT2D eigenvalue weighted by molar-refractivity contribution is 5.73. The van der Waals surface area contributed by atoms with E-state index in [0.717, 1.165) is 48.6 Å². The van der Waals surface area contributed by atoms with Gasteiger partial charge < -0.3 is 30.5 Å². The first-order valence-corrected chi connectivity index (χ1v) is 12.7. The fraction of sp³-hybridized carbons (Fsp3) is 0.286. The molecule has 2 aromatic heterocycles. The van der Waals surface area contributed by atoms with E-state index in [-0.39, 0.29) is 12.6 Å². The quantitative estimate of drug-likeness (QED) is 0.313. The summed E-state index contributed by atoms with van der Waals surface area (Å²) in [6, 6.07) is 13.1. The van der Waals surface area contributed by atoms with E-state index in [1.807, 2.05) is 54.6 Å². The van der Waals surface area contributed by atoms with Crippen molar-refractivity contribution in [3.63, 3.8) is 0 Å². The molecule has 3 heterocycles. The van der Waals surface area contributed by atoms with Crippen LogP contribution in [-0.2, 0) is 9.53 Å². The first-order valence-electron chi connectivity index (χ1n) is 12.7. The number of nitrogens with zero attached hydrogens (tertiary/aromatic N) is 4. The Hall–Kier alpha value is -4.60. The Balaban J connectivity index is 1.24. The third-order valence-electron chi connectivity index (χ3n) is 6.35. The van der Waals surface area contributed by atoms with Crippen LogP contribution in [0.1, 0.15) is 25.7 Å². The Kier molecular flexibility index (Phi) is 7.67. The van der Waals surface area contributed by atoms with Gasteiger partial charge in [0, 0.05) is 24.2 Å². The highest BCUT2D eigenvalue weighted by Gasteiger charge is 2.24. The smallest absolute Gasteiger partial charge is 0.322 e. The number of carboxylic acids is 1. The zero-order chi connectivity index (χ0) is 26.3. The molecule has 4 N–H and O–H groups in total. The number of hydrogen-bond donors (Lipinski definition) is 4. The molecule has 0 spiro atoms. The van der Waals surface area contributed by atoms with Crippen LogP contribution in [0.3, 0.4) is 0 Å². The Morgan fingerprint density at radius 3 is 2.79 bits per heavy atom. The van der Waals surface area contributed by atoms with Gasteiger partial charge in [0.05, 0.1) is 24.6 Å². The number of carboxylic acid groups (broad SMARTS) is 1. The number of ether oxygens (including phenoxy) is 1. The highest BCUT2D eigenvalue weighted by atomic mass is 16.5. The molecule has 10 nitrogen and oxygen atoms in total. The Morgan fingerprint density at radius 1 is 1.11 bits per heavy atom. The number of nitrogens with one attached hydrogen (secondary N) is 2. The molecule has 2 aliphatic rings. The zero-order valence-electron chi connectivity index (χ0n) is 20.9. The lowest BCUT2D eigenvalue weighted by Crippen LogP contribution is -2.40. The molecule has 1 aliphatic heterocycles. The summed E-state index contributed by atoms with van der Waals surface area (Å²) < 4.78 is 6.11. The van der Waals surface area contributed by atoms with Gasteiger partial charge in [-0.1, -0.05) is 24.3 Å². The van der Waals surface area contributed by atoms with Crippen LogP contribution in [0.5, 0.6) is 0 Å². The van der Waals surface area contributed by atoms with Crippen LogP contribution >= 0.6 is 0 Å². The van der Waals surface area contributed by atoms with Crippen molar-refractivity contribution in [3.8, 4) is 11.3 Å². The summed E-state index contributed by atoms with van der Waals surface area (Å²) in [6.45, 7) is 1.37. The molecule has 0 radical (unpaired) electrons. The maximum Gasteiger partial charge on any atom is 0.322 e. The van der Waals surface area contributed by atoms with Gasteiger partial charge in [-0.3, -0.25) is 9.78 Å². The van der Waals surface area contributed by atoms with Crippen molar-refractivity contribution in [2.24, 2.45) is 0 Å². The van der Waals surface area contributed by atoms with Gasteiger partial charge in [0.15, 0.2) is 11.6 Å². The average molecular weight is 515 g/mol. The second-order valence-electron chi connectivity index (χ2n) is 9.20. The Labute approximate surface area is 220 Å². The summed E-state index contributed by atoms with van der Waals surface area (Å²) in [7, 11) is 0. The van der Waals surface area contributed by atoms with Gasteiger partial charge in [0.2, 0.25) is 0 Å². The molecule has 10 heteroatoms. The molecular formula is C28H30N6O4. The van der Waals surface area contributed by atoms with Gasteiger partial charge >= 0.3 is 5.97 Å². The van der Waals surface area contributed by atoms with Crippen molar-refractivity contribution < 1.29 is 19.7 Å². The van der Waals surface area contributed by atoms with Gasteiger partial charge in [-0.25, -0.2) is 9.97 Å². The first-order chi connectivity index (χ1) is 18.5. The number of anilines is 4. The van der Waals surface area contributed by atoms with E-state index in [4.69, 9.17) is 19.8 Å². The zero-order valence-corrected chi connectivity index (χ0v) is 20.9. The predicted molar refractivity (Wildman–Crippen MR) is 145 cm³/mol. The monoisotopic (exact) mass is 514 g/mol. The summed E-state index contributed by atoms with van der Waals surface area (Å²) in [5, 5.41) is 25.1. The summed E-state index contributed by atoms with van der Waals surface area (Å²) in [5.41, 5.74) is 2.41. The summed E-state index contributed by atoms with van der Waals surface area (Å²) >= 11 is 0. The molecule has 1 aliphatic carbocycles. The number of carbonyl (C=O) groups is 1. The van der Waals surface area contributed by atoms with Crippen LogP contribution in [0.25, 0.3) is 11.3 Å². The van der Waals surface area contributed by atoms with E-state index in [0.29, 0.717) is 36.1 Å². The van der Waals surface area contributed by atoms with Crippen molar-refractivity contribution in [2.75, 3.05) is 35.2 Å². The number of aliphatic carboxylic acids is 1. The highest BCUT2D eigenvalue weighted by Crippen LogP contribution is 2.26. The molecule has 1 fully saturated rings. The minimum Gasteiger partial charge on any atom is -0.508 e. The standard InChI is InChI=1S/C28H30N6O4/c35-23-7-1-2-8-24(23)38-21-5-4-14-34(18-21)27-16-29-15-26(33-27)32-25-9-3-6-22(31-25)19-10-12-20(13-11-19)30-17-28(36)37/h2-3,6,8-13,15-16,21,30,35H,1,4-5,7,14,17-18H2,(H,36,37)(H,31,32,33). The number of aliphatic hydroxyl groups excluding tert-OH is 1. The Bertz CT molecular complexity index is 1340. The lowest BCUT2D eigenvalue weighted by atomic mass is 10.1. The molecule has 1 saturated heterocycles. The molecule has 0 amide bonds. The van der Waals surface area contributed by atoms with Gasteiger partial charge in [0.25, 0.3) is 0 Å². The number of pyridine rings is 1. The first kappa shape index (κ1) is 25.1. The molecule has 5 rings (SSSR count). The number of hydrogen-bond acceptors (Lipinski definition) is 9. The number of benzene rings is 1. The molecule has 0 bridgehead atoms. The molecule has 0 saturated carbocycles. The summed E-state index contributed by atoms with van der Waals surface area (Å²) in [5.74, 6) is 1.94. The van der Waals surface area contributed by atoms with Crippen molar-refractivity contribution in [2.45, 2.75) is 31.8 Å². The number of allylic oxidation sites excluding steroid dienone is 3. The van der Waals surface area contributed by atoms with Gasteiger partial charge in [-0.2, -0.15) is 0 Å². The van der Waals surface area contributed by atoms with E-state index in [1.165, 1.54) is 0 Å². The van der Waals surface area contributed by atoms with Gasteiger partial charge in [-0.15, -0.1) is 0 Å². The average Bonchev–Trinajstić information content (AvgIpc) is 2.94. The van der Waals surface area contributed by atoms with Crippen molar-refractivity contribution in [1.29, 1.82) is 0 Å². The number of piperidine rings is 1. The van der Waals surface area contributed by atoms with Crippen LogP contribution in [-0.4, -0.2) is 56.9 Å².